The maximum Gasteiger partial charge on any atom is 0.258 e. The van der Waals surface area contributed by atoms with E-state index in [4.69, 9.17) is 9.47 Å². The summed E-state index contributed by atoms with van der Waals surface area (Å²) in [7, 11) is 3.07. The molecular formula is C21H24N4O3S. The molecule has 29 heavy (non-hydrogen) atoms. The number of amides is 1. The normalized spacial score (nSPS) is 13.0. The Hall–Kier alpha value is -2.87. The van der Waals surface area contributed by atoms with Crippen LogP contribution in [-0.4, -0.2) is 43.2 Å². The van der Waals surface area contributed by atoms with Crippen LogP contribution in [0.2, 0.25) is 0 Å². The maximum absolute atomic E-state index is 12.7. The van der Waals surface area contributed by atoms with Gasteiger partial charge < -0.3 is 20.1 Å². The van der Waals surface area contributed by atoms with E-state index >= 15 is 0 Å². The number of nitrogens with zero attached hydrogens (tertiary/aromatic N) is 2. The fourth-order valence-corrected chi connectivity index (χ4v) is 4.97. The minimum absolute atomic E-state index is 0.234. The summed E-state index contributed by atoms with van der Waals surface area (Å²) in [6.45, 7) is 0.998. The number of nitrogens with one attached hydrogen (secondary N) is 2. The zero-order chi connectivity index (χ0) is 20.2. The van der Waals surface area contributed by atoms with Gasteiger partial charge in [0.05, 0.1) is 19.6 Å². The average molecular weight is 413 g/mol. The number of fused-ring (bicyclic) bond motifs is 3. The highest BCUT2D eigenvalue weighted by Crippen LogP contribution is 2.38. The summed E-state index contributed by atoms with van der Waals surface area (Å²) in [4.78, 5) is 24.0. The summed E-state index contributed by atoms with van der Waals surface area (Å²) >= 11 is 1.77. The third-order valence-corrected chi connectivity index (χ3v) is 6.31. The topological polar surface area (TPSA) is 85.4 Å². The Morgan fingerprint density at radius 3 is 2.62 bits per heavy atom. The van der Waals surface area contributed by atoms with Crippen molar-refractivity contribution in [2.24, 2.45) is 0 Å². The fraction of sp³-hybridized carbons (Fsp3) is 0.381. The van der Waals surface area contributed by atoms with E-state index in [0.717, 1.165) is 28.9 Å². The van der Waals surface area contributed by atoms with Crippen LogP contribution >= 0.6 is 11.3 Å². The number of hydrogen-bond acceptors (Lipinski definition) is 7. The maximum atomic E-state index is 12.7. The number of benzene rings is 1. The Bertz CT molecular complexity index is 1010. The lowest BCUT2D eigenvalue weighted by Crippen LogP contribution is -2.29. The number of carbonyl (C=O) groups is 1. The monoisotopic (exact) mass is 412 g/mol. The highest BCUT2D eigenvalue weighted by molar-refractivity contribution is 7.19. The van der Waals surface area contributed by atoms with E-state index in [1.807, 2.05) is 0 Å². The Balaban J connectivity index is 1.43. The van der Waals surface area contributed by atoms with E-state index in [9.17, 15) is 4.79 Å². The fourth-order valence-electron chi connectivity index (χ4n) is 3.74. The van der Waals surface area contributed by atoms with Crippen molar-refractivity contribution < 1.29 is 14.3 Å². The minimum atomic E-state index is -0.234. The molecule has 0 aliphatic heterocycles. The van der Waals surface area contributed by atoms with Crippen LogP contribution in [0.4, 0.5) is 5.82 Å². The van der Waals surface area contributed by atoms with E-state index in [0.29, 0.717) is 30.2 Å². The highest BCUT2D eigenvalue weighted by atomic mass is 32.1. The van der Waals surface area contributed by atoms with Crippen molar-refractivity contribution in [3.63, 3.8) is 0 Å². The number of aryl methyl sites for hydroxylation is 2. The number of carbonyl (C=O) groups excluding carboxylic acids is 1. The Morgan fingerprint density at radius 2 is 1.86 bits per heavy atom. The number of rotatable bonds is 7. The second-order valence-corrected chi connectivity index (χ2v) is 7.92. The highest BCUT2D eigenvalue weighted by Gasteiger charge is 2.20. The van der Waals surface area contributed by atoms with Crippen LogP contribution in [0, 0.1) is 0 Å². The lowest BCUT2D eigenvalue weighted by molar-refractivity contribution is 0.0949. The first-order valence-electron chi connectivity index (χ1n) is 9.71. The molecule has 2 aromatic heterocycles. The number of aromatic nitrogens is 2. The molecule has 1 aromatic carbocycles. The molecule has 0 atom stereocenters. The second-order valence-electron chi connectivity index (χ2n) is 6.83. The lowest BCUT2D eigenvalue weighted by Gasteiger charge is -2.14. The van der Waals surface area contributed by atoms with Crippen LogP contribution in [0.5, 0.6) is 11.5 Å². The molecule has 0 saturated carbocycles. The van der Waals surface area contributed by atoms with E-state index in [2.05, 4.69) is 20.6 Å². The number of thiophene rings is 1. The van der Waals surface area contributed by atoms with Gasteiger partial charge in [0.25, 0.3) is 5.91 Å². The zero-order valence-electron chi connectivity index (χ0n) is 16.6. The van der Waals surface area contributed by atoms with Crippen molar-refractivity contribution in [2.45, 2.75) is 25.7 Å². The van der Waals surface area contributed by atoms with Gasteiger partial charge in [-0.2, -0.15) is 0 Å². The van der Waals surface area contributed by atoms with Gasteiger partial charge in [0.2, 0.25) is 0 Å². The van der Waals surface area contributed by atoms with Crippen LogP contribution < -0.4 is 20.1 Å². The summed E-state index contributed by atoms with van der Waals surface area (Å²) in [6.07, 6.45) is 6.28. The van der Waals surface area contributed by atoms with Crippen LogP contribution in [0.25, 0.3) is 10.2 Å². The molecule has 0 radical (unpaired) electrons. The Labute approximate surface area is 173 Å². The molecule has 4 rings (SSSR count). The van der Waals surface area contributed by atoms with Crippen molar-refractivity contribution in [3.8, 4) is 11.5 Å². The van der Waals surface area contributed by atoms with Gasteiger partial charge in [-0.05, 0) is 43.4 Å². The van der Waals surface area contributed by atoms with Crippen molar-refractivity contribution >= 4 is 33.3 Å². The predicted octanol–water partition coefficient (Wildman–Crippen LogP) is 3.43. The van der Waals surface area contributed by atoms with Gasteiger partial charge in [-0.1, -0.05) is 6.07 Å². The molecule has 0 saturated heterocycles. The quantitative estimate of drug-likeness (QED) is 0.579. The van der Waals surface area contributed by atoms with E-state index in [1.165, 1.54) is 37.5 Å². The first kappa shape index (κ1) is 19.4. The SMILES string of the molecule is COc1cccc(OC)c1C(=O)NCCNc1ncnc2sc3c(c12)CCCC3. The number of anilines is 1. The van der Waals surface area contributed by atoms with Crippen LogP contribution in [0.1, 0.15) is 33.6 Å². The standard InChI is InChI=1S/C21H24N4O3S/c1-27-14-7-5-8-15(28-2)18(14)20(26)23-11-10-22-19-17-13-6-3-4-9-16(13)29-21(17)25-12-24-19/h5,7-8,12H,3-4,6,9-11H2,1-2H3,(H,23,26)(H,22,24,25). The molecule has 8 heteroatoms. The molecule has 1 aliphatic rings. The van der Waals surface area contributed by atoms with Crippen molar-refractivity contribution in [2.75, 3.05) is 32.6 Å². The van der Waals surface area contributed by atoms with E-state index < -0.39 is 0 Å². The van der Waals surface area contributed by atoms with Gasteiger partial charge in [-0.25, -0.2) is 9.97 Å². The molecule has 0 unspecified atom stereocenters. The largest absolute Gasteiger partial charge is 0.496 e. The molecule has 0 fully saturated rings. The minimum Gasteiger partial charge on any atom is -0.496 e. The molecule has 152 valence electrons. The summed E-state index contributed by atoms with van der Waals surface area (Å²) < 4.78 is 10.6. The number of ether oxygens (including phenoxy) is 2. The summed E-state index contributed by atoms with van der Waals surface area (Å²) in [5.41, 5.74) is 1.79. The molecule has 2 heterocycles. The van der Waals surface area contributed by atoms with E-state index in [-0.39, 0.29) is 5.91 Å². The average Bonchev–Trinajstić information content (AvgIpc) is 3.15. The van der Waals surface area contributed by atoms with Crippen LogP contribution in [0.3, 0.4) is 0 Å². The van der Waals surface area contributed by atoms with Gasteiger partial charge in [-0.3, -0.25) is 4.79 Å². The summed E-state index contributed by atoms with van der Waals surface area (Å²) in [5.74, 6) is 1.58. The van der Waals surface area contributed by atoms with Crippen LogP contribution in [-0.2, 0) is 12.8 Å². The van der Waals surface area contributed by atoms with Gasteiger partial charge in [0.15, 0.2) is 0 Å². The van der Waals surface area contributed by atoms with E-state index in [1.54, 1.807) is 35.9 Å². The smallest absolute Gasteiger partial charge is 0.258 e. The van der Waals surface area contributed by atoms with Crippen molar-refractivity contribution in [1.29, 1.82) is 0 Å². The van der Waals surface area contributed by atoms with Gasteiger partial charge in [-0.15, -0.1) is 11.3 Å². The summed E-state index contributed by atoms with van der Waals surface area (Å²) in [6, 6.07) is 5.28. The molecular weight excluding hydrogens is 388 g/mol. The first-order valence-corrected chi connectivity index (χ1v) is 10.5. The third kappa shape index (κ3) is 3.85. The molecule has 1 amide bonds. The summed E-state index contributed by atoms with van der Waals surface area (Å²) in [5, 5.41) is 7.43. The molecule has 0 spiro atoms. The molecule has 0 bridgehead atoms. The second kappa shape index (κ2) is 8.65. The van der Waals surface area contributed by atoms with Crippen molar-refractivity contribution in [1.82, 2.24) is 15.3 Å². The van der Waals surface area contributed by atoms with Gasteiger partial charge in [0.1, 0.15) is 34.0 Å². The Kier molecular flexibility index (Phi) is 5.80. The van der Waals surface area contributed by atoms with Crippen molar-refractivity contribution in [3.05, 3.63) is 40.5 Å². The van der Waals surface area contributed by atoms with Crippen LogP contribution in [0.15, 0.2) is 24.5 Å². The van der Waals surface area contributed by atoms with Gasteiger partial charge >= 0.3 is 0 Å². The molecule has 2 N–H and O–H groups in total. The predicted molar refractivity (Wildman–Crippen MR) is 114 cm³/mol. The number of hydrogen-bond donors (Lipinski definition) is 2. The lowest BCUT2D eigenvalue weighted by atomic mass is 9.97. The van der Waals surface area contributed by atoms with Gasteiger partial charge in [0, 0.05) is 18.0 Å². The molecule has 1 aliphatic carbocycles. The zero-order valence-corrected chi connectivity index (χ0v) is 17.4. The Morgan fingerprint density at radius 1 is 1.10 bits per heavy atom. The first-order chi connectivity index (χ1) is 14.2. The molecule has 3 aromatic rings. The molecule has 7 nitrogen and oxygen atoms in total. The number of methoxy groups -OCH3 is 2. The third-order valence-electron chi connectivity index (χ3n) is 5.11.